The molecule has 50 heavy (non-hydrogen) atoms. The summed E-state index contributed by atoms with van der Waals surface area (Å²) in [4.78, 5) is 25.2. The molecule has 0 aliphatic heterocycles. The van der Waals surface area contributed by atoms with Crippen LogP contribution in [0.25, 0.3) is 99.4 Å². The third-order valence-corrected chi connectivity index (χ3v) is 9.59. The van der Waals surface area contributed by atoms with Gasteiger partial charge in [0.05, 0.1) is 5.69 Å². The molecule has 5 nitrogen and oxygen atoms in total. The first-order valence-electron chi connectivity index (χ1n) is 16.7. The summed E-state index contributed by atoms with van der Waals surface area (Å²) in [6.45, 7) is 0. The Balaban J connectivity index is 1.22. The molecule has 0 atom stereocenters. The average Bonchev–Trinajstić information content (AvgIpc) is 3.20. The number of pyridine rings is 2. The highest BCUT2D eigenvalue weighted by molar-refractivity contribution is 6.14. The fraction of sp³-hybridized carbons (Fsp3) is 0. The first-order valence-corrected chi connectivity index (χ1v) is 16.7. The highest BCUT2D eigenvalue weighted by atomic mass is 15.0. The lowest BCUT2D eigenvalue weighted by molar-refractivity contribution is 1.06. The number of aromatic nitrogens is 5. The zero-order chi connectivity index (χ0) is 33.0. The molecular weight excluding hydrogens is 611 g/mol. The molecule has 0 radical (unpaired) electrons. The molecule has 0 saturated heterocycles. The summed E-state index contributed by atoms with van der Waals surface area (Å²) < 4.78 is 0. The van der Waals surface area contributed by atoms with E-state index >= 15 is 0 Å². The summed E-state index contributed by atoms with van der Waals surface area (Å²) in [5.74, 6) is 1.72. The van der Waals surface area contributed by atoms with Gasteiger partial charge in [0.25, 0.3) is 0 Å². The van der Waals surface area contributed by atoms with Crippen molar-refractivity contribution in [2.45, 2.75) is 0 Å². The van der Waals surface area contributed by atoms with Gasteiger partial charge in [0, 0.05) is 34.5 Å². The molecule has 0 amide bonds. The van der Waals surface area contributed by atoms with Gasteiger partial charge in [0.1, 0.15) is 5.69 Å². The predicted octanol–water partition coefficient (Wildman–Crippen LogP) is 11.1. The molecule has 0 saturated carbocycles. The van der Waals surface area contributed by atoms with Crippen molar-refractivity contribution in [1.29, 1.82) is 0 Å². The average molecular weight is 638 g/mol. The summed E-state index contributed by atoms with van der Waals surface area (Å²) in [5, 5.41) is 11.4. The summed E-state index contributed by atoms with van der Waals surface area (Å²) in [6.07, 6.45) is 3.71. The number of rotatable bonds is 4. The van der Waals surface area contributed by atoms with Gasteiger partial charge < -0.3 is 0 Å². The normalized spacial score (nSPS) is 11.6. The van der Waals surface area contributed by atoms with Crippen molar-refractivity contribution in [1.82, 2.24) is 24.9 Å². The van der Waals surface area contributed by atoms with Crippen LogP contribution < -0.4 is 0 Å². The Morgan fingerprint density at radius 2 is 0.820 bits per heavy atom. The van der Waals surface area contributed by atoms with Gasteiger partial charge in [-0.1, -0.05) is 121 Å². The van der Waals surface area contributed by atoms with Crippen molar-refractivity contribution in [3.05, 3.63) is 164 Å². The van der Waals surface area contributed by atoms with Crippen LogP contribution in [-0.2, 0) is 0 Å². The lowest BCUT2D eigenvalue weighted by Gasteiger charge is -2.14. The van der Waals surface area contributed by atoms with E-state index < -0.39 is 0 Å². The number of hydrogen-bond acceptors (Lipinski definition) is 5. The molecule has 10 aromatic rings. The van der Waals surface area contributed by atoms with Gasteiger partial charge in [0.2, 0.25) is 0 Å². The Labute approximate surface area is 287 Å². The smallest absolute Gasteiger partial charge is 0.182 e. The zero-order valence-electron chi connectivity index (χ0n) is 26.8. The van der Waals surface area contributed by atoms with E-state index in [9.17, 15) is 0 Å². The van der Waals surface area contributed by atoms with Crippen LogP contribution >= 0.6 is 0 Å². The van der Waals surface area contributed by atoms with Gasteiger partial charge in [-0.2, -0.15) is 0 Å². The Bertz CT molecular complexity index is 2790. The van der Waals surface area contributed by atoms with E-state index in [0.29, 0.717) is 23.2 Å². The fourth-order valence-corrected chi connectivity index (χ4v) is 7.23. The summed E-state index contributed by atoms with van der Waals surface area (Å²) in [7, 11) is 0. The summed E-state index contributed by atoms with van der Waals surface area (Å²) in [5.41, 5.74) is 4.39. The minimum atomic E-state index is 0.511. The standard InChI is InChI=1S/C45H27N5/c1-6-16-34-28(11-1)23-24-46-42(34)31-21-22-41(47-27-31)45-49-43(39-25-29-12-2-4-14-32(29)35-17-7-9-19-37(35)39)48-44(50-45)40-26-30-13-3-5-15-33(30)36-18-8-10-20-38(36)40/h1-27H. The van der Waals surface area contributed by atoms with E-state index in [-0.39, 0.29) is 0 Å². The maximum atomic E-state index is 5.25. The third-order valence-electron chi connectivity index (χ3n) is 9.59. The highest BCUT2D eigenvalue weighted by Crippen LogP contribution is 2.38. The quantitative estimate of drug-likeness (QED) is 0.180. The van der Waals surface area contributed by atoms with Crippen LogP contribution in [0.5, 0.6) is 0 Å². The molecule has 232 valence electrons. The topological polar surface area (TPSA) is 64.5 Å². The molecule has 0 spiro atoms. The summed E-state index contributed by atoms with van der Waals surface area (Å²) in [6, 6.07) is 52.6. The van der Waals surface area contributed by atoms with E-state index in [1.54, 1.807) is 0 Å². The van der Waals surface area contributed by atoms with Gasteiger partial charge in [0.15, 0.2) is 17.5 Å². The molecule has 3 heterocycles. The Kier molecular flexibility index (Phi) is 6.42. The lowest BCUT2D eigenvalue weighted by atomic mass is 9.96. The molecule has 10 rings (SSSR count). The van der Waals surface area contributed by atoms with Crippen molar-refractivity contribution in [2.75, 3.05) is 0 Å². The molecule has 0 bridgehead atoms. The molecule has 0 N–H and O–H groups in total. The van der Waals surface area contributed by atoms with Crippen molar-refractivity contribution in [3.63, 3.8) is 0 Å². The van der Waals surface area contributed by atoms with Gasteiger partial charge in [-0.15, -0.1) is 0 Å². The van der Waals surface area contributed by atoms with E-state index in [4.69, 9.17) is 24.9 Å². The zero-order valence-corrected chi connectivity index (χ0v) is 26.8. The number of hydrogen-bond donors (Lipinski definition) is 0. The van der Waals surface area contributed by atoms with Crippen molar-refractivity contribution in [3.8, 4) is 45.6 Å². The van der Waals surface area contributed by atoms with Crippen LogP contribution in [0.15, 0.2) is 164 Å². The second-order valence-corrected chi connectivity index (χ2v) is 12.5. The molecule has 7 aromatic carbocycles. The van der Waals surface area contributed by atoms with E-state index in [1.165, 1.54) is 10.8 Å². The molecular formula is C45H27N5. The minimum absolute atomic E-state index is 0.511. The third kappa shape index (κ3) is 4.60. The minimum Gasteiger partial charge on any atom is -0.256 e. The van der Waals surface area contributed by atoms with Crippen LogP contribution in [0.3, 0.4) is 0 Å². The van der Waals surface area contributed by atoms with Crippen molar-refractivity contribution < 1.29 is 0 Å². The van der Waals surface area contributed by atoms with Gasteiger partial charge in [-0.3, -0.25) is 9.97 Å². The van der Waals surface area contributed by atoms with Gasteiger partial charge in [-0.25, -0.2) is 15.0 Å². The molecule has 0 aliphatic rings. The molecule has 0 unspecified atom stereocenters. The fourth-order valence-electron chi connectivity index (χ4n) is 7.23. The van der Waals surface area contributed by atoms with Crippen LogP contribution in [0, 0.1) is 0 Å². The maximum Gasteiger partial charge on any atom is 0.182 e. The number of fused-ring (bicyclic) bond motifs is 7. The molecule has 5 heteroatoms. The van der Waals surface area contributed by atoms with E-state index in [0.717, 1.165) is 65.5 Å². The van der Waals surface area contributed by atoms with Crippen molar-refractivity contribution in [2.24, 2.45) is 0 Å². The monoisotopic (exact) mass is 637 g/mol. The van der Waals surface area contributed by atoms with Gasteiger partial charge in [-0.05, 0) is 78.8 Å². The number of nitrogens with zero attached hydrogens (tertiary/aromatic N) is 5. The molecule has 0 aliphatic carbocycles. The summed E-state index contributed by atoms with van der Waals surface area (Å²) >= 11 is 0. The first kappa shape index (κ1) is 28.2. The largest absolute Gasteiger partial charge is 0.256 e. The lowest BCUT2D eigenvalue weighted by Crippen LogP contribution is -2.02. The van der Waals surface area contributed by atoms with Gasteiger partial charge >= 0.3 is 0 Å². The van der Waals surface area contributed by atoms with E-state index in [2.05, 4.69) is 127 Å². The Morgan fingerprint density at radius 3 is 1.38 bits per heavy atom. The maximum absolute atomic E-state index is 5.25. The Morgan fingerprint density at radius 1 is 0.340 bits per heavy atom. The van der Waals surface area contributed by atoms with Crippen LogP contribution in [0.4, 0.5) is 0 Å². The predicted molar refractivity (Wildman–Crippen MR) is 205 cm³/mol. The van der Waals surface area contributed by atoms with Crippen LogP contribution in [0.1, 0.15) is 0 Å². The van der Waals surface area contributed by atoms with Crippen molar-refractivity contribution >= 4 is 53.9 Å². The highest BCUT2D eigenvalue weighted by Gasteiger charge is 2.19. The van der Waals surface area contributed by atoms with Crippen LogP contribution in [-0.4, -0.2) is 24.9 Å². The molecule has 3 aromatic heterocycles. The second-order valence-electron chi connectivity index (χ2n) is 12.5. The first-order chi connectivity index (χ1) is 24.8. The number of benzene rings is 7. The van der Waals surface area contributed by atoms with Crippen LogP contribution in [0.2, 0.25) is 0 Å². The Hall–Kier alpha value is -6.85. The second kappa shape index (κ2) is 11.4. The molecule has 0 fully saturated rings. The van der Waals surface area contributed by atoms with E-state index in [1.807, 2.05) is 36.7 Å². The SMILES string of the molecule is c1ccc2c(-c3ccc(-c4nc(-c5cc6ccccc6c6ccccc56)nc(-c5cc6ccccc6c6ccccc56)n4)nc3)nccc2c1.